The van der Waals surface area contributed by atoms with Gasteiger partial charge in [0.15, 0.2) is 0 Å². The lowest BCUT2D eigenvalue weighted by Gasteiger charge is -2.19. The van der Waals surface area contributed by atoms with Crippen LogP contribution in [0.1, 0.15) is 5.56 Å². The summed E-state index contributed by atoms with van der Waals surface area (Å²) in [4.78, 5) is 0. The van der Waals surface area contributed by atoms with E-state index in [1.165, 1.54) is 0 Å². The summed E-state index contributed by atoms with van der Waals surface area (Å²) in [6.45, 7) is 1.70. The zero-order chi connectivity index (χ0) is 12.3. The number of benzene rings is 1. The molecule has 1 aromatic rings. The van der Waals surface area contributed by atoms with Gasteiger partial charge in [-0.15, -0.1) is 0 Å². The number of hydrogen-bond acceptors (Lipinski definition) is 4. The van der Waals surface area contributed by atoms with E-state index in [1.807, 2.05) is 12.1 Å². The lowest BCUT2D eigenvalue weighted by Crippen LogP contribution is -2.33. The molecule has 1 aliphatic rings. The van der Waals surface area contributed by atoms with Crippen molar-refractivity contribution in [3.63, 3.8) is 0 Å². The van der Waals surface area contributed by atoms with Crippen LogP contribution in [0.2, 0.25) is 5.02 Å². The van der Waals surface area contributed by atoms with Gasteiger partial charge in [-0.2, -0.15) is 5.26 Å². The van der Waals surface area contributed by atoms with Gasteiger partial charge in [0.2, 0.25) is 0 Å². The molecule has 1 unspecified atom stereocenters. The van der Waals surface area contributed by atoms with Gasteiger partial charge in [-0.05, 0) is 18.2 Å². The molecule has 5 heteroatoms. The van der Waals surface area contributed by atoms with E-state index in [2.05, 4.69) is 10.6 Å². The third-order valence-electron chi connectivity index (χ3n) is 2.90. The molecule has 0 aromatic heterocycles. The van der Waals surface area contributed by atoms with E-state index in [0.717, 1.165) is 18.8 Å². The van der Waals surface area contributed by atoms with Crippen molar-refractivity contribution in [1.82, 2.24) is 5.32 Å². The maximum absolute atomic E-state index is 8.79. The molecule has 90 valence electrons. The molecule has 0 spiro atoms. The number of anilines is 1. The number of halogens is 1. The van der Waals surface area contributed by atoms with Crippen molar-refractivity contribution in [3.8, 4) is 6.07 Å². The zero-order valence-electron chi connectivity index (χ0n) is 9.53. The van der Waals surface area contributed by atoms with Crippen LogP contribution in [0.3, 0.4) is 0 Å². The number of rotatable bonds is 3. The first-order chi connectivity index (χ1) is 8.24. The minimum atomic E-state index is 0.157. The predicted molar refractivity (Wildman–Crippen MR) is 67.2 cm³/mol. The largest absolute Gasteiger partial charge is 0.378 e. The van der Waals surface area contributed by atoms with Crippen LogP contribution < -0.4 is 10.6 Å². The van der Waals surface area contributed by atoms with E-state index in [1.54, 1.807) is 19.2 Å². The smallest absolute Gasteiger partial charge is 0.101 e. The maximum Gasteiger partial charge on any atom is 0.101 e. The van der Waals surface area contributed by atoms with Gasteiger partial charge in [0.1, 0.15) is 6.07 Å². The molecule has 2 N–H and O–H groups in total. The molecule has 1 heterocycles. The third kappa shape index (κ3) is 2.70. The molecule has 1 saturated heterocycles. The highest BCUT2D eigenvalue weighted by Crippen LogP contribution is 2.21. The molecular weight excluding hydrogens is 238 g/mol. The summed E-state index contributed by atoms with van der Waals surface area (Å²) in [7, 11) is 1.71. The van der Waals surface area contributed by atoms with Crippen LogP contribution in [0, 0.1) is 11.3 Å². The Bertz CT molecular complexity index is 444. The fourth-order valence-corrected chi connectivity index (χ4v) is 2.18. The van der Waals surface area contributed by atoms with Crippen molar-refractivity contribution in [2.24, 2.45) is 0 Å². The molecule has 0 saturated carbocycles. The predicted octanol–water partition coefficient (Wildman–Crippen LogP) is 1.61. The molecule has 2 atom stereocenters. The summed E-state index contributed by atoms with van der Waals surface area (Å²) >= 11 is 5.98. The molecule has 0 radical (unpaired) electrons. The van der Waals surface area contributed by atoms with Crippen LogP contribution in [-0.4, -0.2) is 32.3 Å². The third-order valence-corrected chi connectivity index (χ3v) is 3.22. The Hall–Kier alpha value is -1.28. The van der Waals surface area contributed by atoms with Gasteiger partial charge >= 0.3 is 0 Å². The van der Waals surface area contributed by atoms with E-state index >= 15 is 0 Å². The van der Waals surface area contributed by atoms with Gasteiger partial charge in [0.25, 0.3) is 0 Å². The van der Waals surface area contributed by atoms with E-state index in [0.29, 0.717) is 10.6 Å². The van der Waals surface area contributed by atoms with Gasteiger partial charge in [0, 0.05) is 25.9 Å². The first-order valence-corrected chi connectivity index (χ1v) is 5.82. The van der Waals surface area contributed by atoms with Crippen LogP contribution in [0.25, 0.3) is 0 Å². The fourth-order valence-electron chi connectivity index (χ4n) is 1.96. The lowest BCUT2D eigenvalue weighted by molar-refractivity contribution is 0.112. The van der Waals surface area contributed by atoms with Gasteiger partial charge in [-0.25, -0.2) is 0 Å². The van der Waals surface area contributed by atoms with E-state index in [-0.39, 0.29) is 12.1 Å². The number of nitrogens with zero attached hydrogens (tertiary/aromatic N) is 1. The first-order valence-electron chi connectivity index (χ1n) is 5.44. The lowest BCUT2D eigenvalue weighted by atomic mass is 10.1. The molecule has 2 rings (SSSR count). The molecule has 1 aliphatic heterocycles. The number of hydrogen-bond donors (Lipinski definition) is 2. The Kier molecular flexibility index (Phi) is 3.85. The number of nitriles is 1. The van der Waals surface area contributed by atoms with Crippen LogP contribution in [-0.2, 0) is 4.74 Å². The highest BCUT2D eigenvalue weighted by molar-refractivity contribution is 6.32. The van der Waals surface area contributed by atoms with Crippen molar-refractivity contribution in [1.29, 1.82) is 5.26 Å². The van der Waals surface area contributed by atoms with Crippen molar-refractivity contribution in [2.45, 2.75) is 12.1 Å². The summed E-state index contributed by atoms with van der Waals surface area (Å²) in [5.74, 6) is 0. The zero-order valence-corrected chi connectivity index (χ0v) is 10.3. The monoisotopic (exact) mass is 251 g/mol. The Labute approximate surface area is 106 Å². The Morgan fingerprint density at radius 1 is 1.53 bits per heavy atom. The van der Waals surface area contributed by atoms with Crippen LogP contribution >= 0.6 is 11.6 Å². The average molecular weight is 252 g/mol. The SMILES string of the molecule is CO[C@H]1CNCC1Nc1ccc(C#N)c(Cl)c1. The normalized spacial score (nSPS) is 23.4. The van der Waals surface area contributed by atoms with Crippen molar-refractivity contribution in [2.75, 3.05) is 25.5 Å². The second-order valence-corrected chi connectivity index (χ2v) is 4.40. The average Bonchev–Trinajstić information content (AvgIpc) is 2.76. The van der Waals surface area contributed by atoms with Gasteiger partial charge in [-0.1, -0.05) is 11.6 Å². The number of nitrogens with one attached hydrogen (secondary N) is 2. The van der Waals surface area contributed by atoms with Gasteiger partial charge in [-0.3, -0.25) is 0 Å². The standard InChI is InChI=1S/C12H14ClN3O/c1-17-12-7-15-6-11(12)16-9-3-2-8(5-14)10(13)4-9/h2-4,11-12,15-16H,6-7H2,1H3/t11?,12-/m0/s1. The molecular formula is C12H14ClN3O. The molecule has 17 heavy (non-hydrogen) atoms. The van der Waals surface area contributed by atoms with Crippen molar-refractivity contribution >= 4 is 17.3 Å². The van der Waals surface area contributed by atoms with Crippen molar-refractivity contribution < 1.29 is 4.74 Å². The highest BCUT2D eigenvalue weighted by Gasteiger charge is 2.26. The molecule has 0 aliphatic carbocycles. The molecule has 0 amide bonds. The summed E-state index contributed by atoms with van der Waals surface area (Å²) in [5, 5.41) is 15.9. The summed E-state index contributed by atoms with van der Waals surface area (Å²) in [6, 6.07) is 7.61. The van der Waals surface area contributed by atoms with Crippen LogP contribution in [0.4, 0.5) is 5.69 Å². The molecule has 1 aromatic carbocycles. The topological polar surface area (TPSA) is 57.1 Å². The molecule has 4 nitrogen and oxygen atoms in total. The second-order valence-electron chi connectivity index (χ2n) is 3.99. The first kappa shape index (κ1) is 12.2. The van der Waals surface area contributed by atoms with Crippen LogP contribution in [0.15, 0.2) is 18.2 Å². The van der Waals surface area contributed by atoms with Gasteiger partial charge in [0.05, 0.1) is 22.7 Å². The Balaban J connectivity index is 2.09. The minimum absolute atomic E-state index is 0.157. The maximum atomic E-state index is 8.79. The second kappa shape index (κ2) is 5.37. The van der Waals surface area contributed by atoms with Crippen molar-refractivity contribution in [3.05, 3.63) is 28.8 Å². The van der Waals surface area contributed by atoms with E-state index in [9.17, 15) is 0 Å². The van der Waals surface area contributed by atoms with E-state index in [4.69, 9.17) is 21.6 Å². The Morgan fingerprint density at radius 3 is 3.00 bits per heavy atom. The summed E-state index contributed by atoms with van der Waals surface area (Å²) in [5.41, 5.74) is 1.40. The number of ether oxygens (including phenoxy) is 1. The molecule has 1 fully saturated rings. The van der Waals surface area contributed by atoms with E-state index < -0.39 is 0 Å². The summed E-state index contributed by atoms with van der Waals surface area (Å²) in [6.07, 6.45) is 0.157. The highest BCUT2D eigenvalue weighted by atomic mass is 35.5. The fraction of sp³-hybridized carbons (Fsp3) is 0.417. The Morgan fingerprint density at radius 2 is 2.35 bits per heavy atom. The number of methoxy groups -OCH3 is 1. The quantitative estimate of drug-likeness (QED) is 0.857. The van der Waals surface area contributed by atoms with Crippen LogP contribution in [0.5, 0.6) is 0 Å². The van der Waals surface area contributed by atoms with Gasteiger partial charge < -0.3 is 15.4 Å². The summed E-state index contributed by atoms with van der Waals surface area (Å²) < 4.78 is 5.36. The minimum Gasteiger partial charge on any atom is -0.378 e. The molecule has 0 bridgehead atoms.